The largest absolute Gasteiger partial charge is 0.460 e. The van der Waals surface area contributed by atoms with Crippen LogP contribution in [-0.2, 0) is 9.53 Å². The van der Waals surface area contributed by atoms with Crippen molar-refractivity contribution in [2.75, 3.05) is 6.54 Å². The second-order valence-corrected chi connectivity index (χ2v) is 6.83. The smallest absolute Gasteiger partial charge is 0.313 e. The predicted molar refractivity (Wildman–Crippen MR) is 65.0 cm³/mol. The van der Waals surface area contributed by atoms with Crippen molar-refractivity contribution < 1.29 is 9.53 Å². The van der Waals surface area contributed by atoms with Crippen LogP contribution >= 0.6 is 0 Å². The zero-order valence-corrected chi connectivity index (χ0v) is 11.2. The normalized spacial score (nSPS) is 29.1. The number of esters is 1. The van der Waals surface area contributed by atoms with Gasteiger partial charge in [0.05, 0.1) is 5.41 Å². The van der Waals surface area contributed by atoms with Gasteiger partial charge in [-0.05, 0) is 45.4 Å². The molecule has 94 valence electrons. The molecule has 0 spiro atoms. The van der Waals surface area contributed by atoms with Crippen molar-refractivity contribution in [3.05, 3.63) is 0 Å². The summed E-state index contributed by atoms with van der Waals surface area (Å²) in [5.41, 5.74) is 5.14. The first-order chi connectivity index (χ1) is 7.10. The lowest BCUT2D eigenvalue weighted by Crippen LogP contribution is -2.41. The van der Waals surface area contributed by atoms with Gasteiger partial charge in [0, 0.05) is 6.54 Å². The first kappa shape index (κ1) is 13.5. The maximum absolute atomic E-state index is 12.2. The number of hydrogen-bond donors (Lipinski definition) is 1. The Morgan fingerprint density at radius 3 is 2.19 bits per heavy atom. The van der Waals surface area contributed by atoms with Crippen LogP contribution in [0.2, 0.25) is 0 Å². The van der Waals surface area contributed by atoms with Crippen LogP contribution in [0.1, 0.15) is 53.9 Å². The Bertz CT molecular complexity index is 278. The molecule has 0 heterocycles. The monoisotopic (exact) mass is 227 g/mol. The van der Waals surface area contributed by atoms with Crippen molar-refractivity contribution in [3.8, 4) is 0 Å². The van der Waals surface area contributed by atoms with Crippen LogP contribution in [-0.4, -0.2) is 18.1 Å². The van der Waals surface area contributed by atoms with Gasteiger partial charge < -0.3 is 10.5 Å². The minimum Gasteiger partial charge on any atom is -0.460 e. The van der Waals surface area contributed by atoms with Crippen molar-refractivity contribution in [3.63, 3.8) is 0 Å². The molecule has 1 aliphatic carbocycles. The molecule has 0 aromatic carbocycles. The average molecular weight is 227 g/mol. The maximum atomic E-state index is 12.2. The third-order valence-electron chi connectivity index (χ3n) is 3.32. The van der Waals surface area contributed by atoms with Gasteiger partial charge in [-0.15, -0.1) is 0 Å². The molecule has 0 amide bonds. The highest BCUT2D eigenvalue weighted by Crippen LogP contribution is 2.49. The van der Waals surface area contributed by atoms with E-state index in [0.29, 0.717) is 6.54 Å². The molecular weight excluding hydrogens is 202 g/mol. The fourth-order valence-corrected chi connectivity index (χ4v) is 2.49. The highest BCUT2D eigenvalue weighted by atomic mass is 16.6. The molecule has 3 nitrogen and oxygen atoms in total. The Kier molecular flexibility index (Phi) is 3.39. The molecule has 1 fully saturated rings. The quantitative estimate of drug-likeness (QED) is 0.737. The summed E-state index contributed by atoms with van der Waals surface area (Å²) in [5, 5.41) is 0. The first-order valence-corrected chi connectivity index (χ1v) is 6.04. The lowest BCUT2D eigenvalue weighted by Gasteiger charge is -2.31. The van der Waals surface area contributed by atoms with Gasteiger partial charge in [-0.1, -0.05) is 13.8 Å². The SMILES string of the molecule is CC1(C)CCC(CN)(C(=O)OC(C)(C)C)C1. The molecule has 1 atom stereocenters. The Morgan fingerprint density at radius 1 is 1.31 bits per heavy atom. The second-order valence-electron chi connectivity index (χ2n) is 6.83. The first-order valence-electron chi connectivity index (χ1n) is 6.04. The van der Waals surface area contributed by atoms with Gasteiger partial charge in [0.15, 0.2) is 0 Å². The standard InChI is InChI=1S/C13H25NO2/c1-11(2,3)16-10(15)13(9-14)7-6-12(4,5)8-13/h6-9,14H2,1-5H3. The van der Waals surface area contributed by atoms with Crippen LogP contribution in [0, 0.1) is 10.8 Å². The minimum absolute atomic E-state index is 0.118. The summed E-state index contributed by atoms with van der Waals surface area (Å²) in [6.45, 7) is 10.5. The van der Waals surface area contributed by atoms with Crippen molar-refractivity contribution in [1.82, 2.24) is 0 Å². The predicted octanol–water partition coefficient (Wildman–Crippen LogP) is 2.48. The average Bonchev–Trinajstić information content (AvgIpc) is 2.40. The molecule has 3 heteroatoms. The molecule has 0 aromatic rings. The Morgan fingerprint density at radius 2 is 1.88 bits per heavy atom. The molecule has 1 aliphatic rings. The van der Waals surface area contributed by atoms with E-state index >= 15 is 0 Å². The van der Waals surface area contributed by atoms with E-state index in [1.54, 1.807) is 0 Å². The van der Waals surface area contributed by atoms with Crippen LogP contribution in [0.15, 0.2) is 0 Å². The second kappa shape index (κ2) is 4.02. The summed E-state index contributed by atoms with van der Waals surface area (Å²) in [4.78, 5) is 12.2. The number of carbonyl (C=O) groups excluding carboxylic acids is 1. The number of hydrogen-bond acceptors (Lipinski definition) is 3. The van der Waals surface area contributed by atoms with E-state index in [-0.39, 0.29) is 11.4 Å². The zero-order chi connectivity index (χ0) is 12.6. The van der Waals surface area contributed by atoms with Gasteiger partial charge in [0.1, 0.15) is 5.60 Å². The summed E-state index contributed by atoms with van der Waals surface area (Å²) in [7, 11) is 0. The van der Waals surface area contributed by atoms with E-state index in [2.05, 4.69) is 13.8 Å². The van der Waals surface area contributed by atoms with Crippen molar-refractivity contribution in [1.29, 1.82) is 0 Å². The molecule has 0 aromatic heterocycles. The summed E-state index contributed by atoms with van der Waals surface area (Å²) in [6.07, 6.45) is 2.74. The molecule has 0 aliphatic heterocycles. The van der Waals surface area contributed by atoms with Crippen LogP contribution in [0.3, 0.4) is 0 Å². The molecule has 1 unspecified atom stereocenters. The zero-order valence-electron chi connectivity index (χ0n) is 11.2. The number of ether oxygens (including phenoxy) is 1. The van der Waals surface area contributed by atoms with E-state index in [9.17, 15) is 4.79 Å². The summed E-state index contributed by atoms with van der Waals surface area (Å²) in [6, 6.07) is 0. The van der Waals surface area contributed by atoms with Gasteiger partial charge in [-0.2, -0.15) is 0 Å². The summed E-state index contributed by atoms with van der Waals surface area (Å²) < 4.78 is 5.49. The number of rotatable bonds is 2. The van der Waals surface area contributed by atoms with Crippen LogP contribution in [0.25, 0.3) is 0 Å². The topological polar surface area (TPSA) is 52.3 Å². The van der Waals surface area contributed by atoms with Gasteiger partial charge >= 0.3 is 5.97 Å². The van der Waals surface area contributed by atoms with Crippen LogP contribution < -0.4 is 5.73 Å². The molecule has 1 rings (SSSR count). The third kappa shape index (κ3) is 2.97. The van der Waals surface area contributed by atoms with E-state index in [1.165, 1.54) is 0 Å². The Labute approximate surface area is 98.7 Å². The van der Waals surface area contributed by atoms with Gasteiger partial charge in [-0.3, -0.25) is 4.79 Å². The van der Waals surface area contributed by atoms with Crippen LogP contribution in [0.4, 0.5) is 0 Å². The highest BCUT2D eigenvalue weighted by Gasteiger charge is 2.49. The molecule has 0 saturated heterocycles. The Balaban J connectivity index is 2.79. The van der Waals surface area contributed by atoms with Crippen LogP contribution in [0.5, 0.6) is 0 Å². The molecule has 1 saturated carbocycles. The van der Waals surface area contributed by atoms with E-state index in [4.69, 9.17) is 10.5 Å². The molecular formula is C13H25NO2. The van der Waals surface area contributed by atoms with Gasteiger partial charge in [-0.25, -0.2) is 0 Å². The lowest BCUT2D eigenvalue weighted by atomic mass is 9.81. The van der Waals surface area contributed by atoms with E-state index in [1.807, 2.05) is 20.8 Å². The molecule has 2 N–H and O–H groups in total. The van der Waals surface area contributed by atoms with E-state index < -0.39 is 11.0 Å². The summed E-state index contributed by atoms with van der Waals surface area (Å²) in [5.74, 6) is -0.118. The van der Waals surface area contributed by atoms with Gasteiger partial charge in [0.25, 0.3) is 0 Å². The summed E-state index contributed by atoms with van der Waals surface area (Å²) >= 11 is 0. The molecule has 16 heavy (non-hydrogen) atoms. The molecule has 0 bridgehead atoms. The number of nitrogens with two attached hydrogens (primary N) is 1. The van der Waals surface area contributed by atoms with Crippen molar-refractivity contribution >= 4 is 5.97 Å². The highest BCUT2D eigenvalue weighted by molar-refractivity contribution is 5.78. The number of carbonyl (C=O) groups is 1. The fraction of sp³-hybridized carbons (Fsp3) is 0.923. The Hall–Kier alpha value is -0.570. The fourth-order valence-electron chi connectivity index (χ4n) is 2.49. The van der Waals surface area contributed by atoms with Gasteiger partial charge in [0.2, 0.25) is 0 Å². The minimum atomic E-state index is -0.448. The van der Waals surface area contributed by atoms with Crippen molar-refractivity contribution in [2.24, 2.45) is 16.6 Å². The third-order valence-corrected chi connectivity index (χ3v) is 3.32. The lowest BCUT2D eigenvalue weighted by molar-refractivity contribution is -0.167. The maximum Gasteiger partial charge on any atom is 0.313 e. The molecule has 0 radical (unpaired) electrons. The van der Waals surface area contributed by atoms with Crippen molar-refractivity contribution in [2.45, 2.75) is 59.5 Å². The van der Waals surface area contributed by atoms with E-state index in [0.717, 1.165) is 19.3 Å².